The molecule has 6 heteroatoms. The molecule has 7 rings (SSSR count). The second-order valence-electron chi connectivity index (χ2n) is 11.0. The average molecular weight is 583 g/mol. The van der Waals surface area contributed by atoms with E-state index in [1.165, 1.54) is 0 Å². The number of aromatic nitrogens is 6. The first kappa shape index (κ1) is 27.9. The molecule has 0 amide bonds. The Kier molecular flexibility index (Phi) is 7.46. The Morgan fingerprint density at radius 1 is 0.356 bits per heavy atom. The molecule has 0 fully saturated rings. The molecule has 6 aromatic heterocycles. The molecular weight excluding hydrogens is 552 g/mol. The Morgan fingerprint density at radius 3 is 1.20 bits per heavy atom. The van der Waals surface area contributed by atoms with Gasteiger partial charge < -0.3 is 0 Å². The van der Waals surface area contributed by atoms with E-state index >= 15 is 0 Å². The van der Waals surface area contributed by atoms with Gasteiger partial charge in [-0.25, -0.2) is 9.97 Å². The van der Waals surface area contributed by atoms with Crippen molar-refractivity contribution >= 4 is 0 Å². The summed E-state index contributed by atoms with van der Waals surface area (Å²) in [4.78, 5) is 27.9. The lowest BCUT2D eigenvalue weighted by Crippen LogP contribution is -2.04. The third-order valence-corrected chi connectivity index (χ3v) is 8.24. The summed E-state index contributed by atoms with van der Waals surface area (Å²) in [7, 11) is 0. The van der Waals surface area contributed by atoms with E-state index in [-0.39, 0.29) is 0 Å². The fourth-order valence-corrected chi connectivity index (χ4v) is 6.18. The number of hydrogen-bond acceptors (Lipinski definition) is 6. The van der Waals surface area contributed by atoms with E-state index in [0.29, 0.717) is 0 Å². The first-order valence-electron chi connectivity index (χ1n) is 14.8. The van der Waals surface area contributed by atoms with Crippen LogP contribution in [0.3, 0.4) is 0 Å². The van der Waals surface area contributed by atoms with E-state index in [0.717, 1.165) is 84.1 Å². The Hall–Kier alpha value is -5.88. The van der Waals surface area contributed by atoms with Crippen LogP contribution in [0.4, 0.5) is 0 Å². The van der Waals surface area contributed by atoms with Gasteiger partial charge in [0.2, 0.25) is 0 Å². The van der Waals surface area contributed by atoms with Gasteiger partial charge in [-0.1, -0.05) is 12.1 Å². The van der Waals surface area contributed by atoms with Gasteiger partial charge in [-0.3, -0.25) is 19.9 Å². The quantitative estimate of drug-likeness (QED) is 0.195. The van der Waals surface area contributed by atoms with Crippen LogP contribution in [-0.4, -0.2) is 29.9 Å². The average Bonchev–Trinajstić information content (AvgIpc) is 3.10. The van der Waals surface area contributed by atoms with Gasteiger partial charge in [-0.05, 0) is 121 Å². The normalized spacial score (nSPS) is 11.0. The molecule has 0 N–H and O–H groups in total. The Balaban J connectivity index is 1.49. The van der Waals surface area contributed by atoms with E-state index in [2.05, 4.69) is 66.1 Å². The van der Waals surface area contributed by atoms with Crippen molar-refractivity contribution in [3.05, 3.63) is 145 Å². The topological polar surface area (TPSA) is 77.3 Å². The smallest absolute Gasteiger partial charge is 0.0715 e. The Bertz CT molecular complexity index is 1860. The lowest BCUT2D eigenvalue weighted by molar-refractivity contribution is 1.22. The summed E-state index contributed by atoms with van der Waals surface area (Å²) >= 11 is 0. The summed E-state index contributed by atoms with van der Waals surface area (Å²) in [6.45, 7) is 6.53. The SMILES string of the molecule is Cc1c(-c2cc(-c3ccncc3)ccn2)c(C)c(-c2cccc(-c3ccncc3)n2)c(C)c1-c1cccc(-c2ccncc2)n1. The molecule has 0 atom stereocenters. The molecular formula is C39H30N6. The van der Waals surface area contributed by atoms with Gasteiger partial charge in [0.1, 0.15) is 0 Å². The Labute approximate surface area is 262 Å². The zero-order valence-corrected chi connectivity index (χ0v) is 25.3. The summed E-state index contributed by atoms with van der Waals surface area (Å²) in [5.41, 5.74) is 15.3. The molecule has 0 saturated carbocycles. The second kappa shape index (κ2) is 12.0. The van der Waals surface area contributed by atoms with E-state index in [1.54, 1.807) is 24.8 Å². The molecule has 6 heterocycles. The fraction of sp³-hybridized carbons (Fsp3) is 0.0769. The molecule has 1 aromatic carbocycles. The van der Waals surface area contributed by atoms with Crippen LogP contribution in [0.25, 0.3) is 67.4 Å². The summed E-state index contributed by atoms with van der Waals surface area (Å²) in [6, 6.07) is 28.6. The highest BCUT2D eigenvalue weighted by Gasteiger charge is 2.23. The van der Waals surface area contributed by atoms with Crippen molar-refractivity contribution in [3.8, 4) is 67.4 Å². The first-order valence-corrected chi connectivity index (χ1v) is 14.8. The van der Waals surface area contributed by atoms with Crippen molar-refractivity contribution in [2.75, 3.05) is 0 Å². The molecule has 6 nitrogen and oxygen atoms in total. The standard InChI is InChI=1S/C39H30N6/c1-25-37(34-8-4-6-32(44-34)29-12-19-41-20-13-29)26(2)39(36-24-31(16-23-43-36)28-10-17-40-18-11-28)27(3)38(25)35-9-5-7-33(45-35)30-14-21-42-22-15-30/h4-24H,1-3H3. The molecule has 0 aliphatic carbocycles. The molecule has 0 radical (unpaired) electrons. The van der Waals surface area contributed by atoms with Gasteiger partial charge in [0.15, 0.2) is 0 Å². The van der Waals surface area contributed by atoms with Crippen molar-refractivity contribution in [1.82, 2.24) is 29.9 Å². The monoisotopic (exact) mass is 582 g/mol. The molecule has 45 heavy (non-hydrogen) atoms. The first-order chi connectivity index (χ1) is 22.1. The third kappa shape index (κ3) is 5.38. The third-order valence-electron chi connectivity index (χ3n) is 8.24. The molecule has 216 valence electrons. The van der Waals surface area contributed by atoms with Gasteiger partial charge >= 0.3 is 0 Å². The number of hydrogen-bond donors (Lipinski definition) is 0. The predicted octanol–water partition coefficient (Wildman–Crippen LogP) is 8.98. The van der Waals surface area contributed by atoms with Crippen LogP contribution < -0.4 is 0 Å². The second-order valence-corrected chi connectivity index (χ2v) is 11.0. The Morgan fingerprint density at radius 2 is 0.733 bits per heavy atom. The summed E-state index contributed by atoms with van der Waals surface area (Å²) in [5.74, 6) is 0. The van der Waals surface area contributed by atoms with Crippen molar-refractivity contribution in [2.45, 2.75) is 20.8 Å². The highest BCUT2D eigenvalue weighted by Crippen LogP contribution is 2.43. The van der Waals surface area contributed by atoms with Gasteiger partial charge in [0.25, 0.3) is 0 Å². The number of benzene rings is 1. The summed E-state index contributed by atoms with van der Waals surface area (Å²) < 4.78 is 0. The van der Waals surface area contributed by atoms with Gasteiger partial charge in [0, 0.05) is 71.2 Å². The lowest BCUT2D eigenvalue weighted by Gasteiger charge is -2.23. The van der Waals surface area contributed by atoms with Crippen LogP contribution >= 0.6 is 0 Å². The maximum atomic E-state index is 5.18. The largest absolute Gasteiger partial charge is 0.265 e. The minimum absolute atomic E-state index is 0.896. The van der Waals surface area contributed by atoms with Crippen molar-refractivity contribution in [1.29, 1.82) is 0 Å². The van der Waals surface area contributed by atoms with Gasteiger partial charge in [-0.15, -0.1) is 0 Å². The van der Waals surface area contributed by atoms with Crippen LogP contribution in [0.15, 0.2) is 128 Å². The number of rotatable bonds is 6. The molecule has 7 aromatic rings. The summed E-state index contributed by atoms with van der Waals surface area (Å²) in [5, 5.41) is 0. The van der Waals surface area contributed by atoms with Gasteiger partial charge in [0.05, 0.1) is 28.5 Å². The van der Waals surface area contributed by atoms with E-state index < -0.39 is 0 Å². The highest BCUT2D eigenvalue weighted by atomic mass is 14.7. The molecule has 0 aliphatic heterocycles. The van der Waals surface area contributed by atoms with Gasteiger partial charge in [-0.2, -0.15) is 0 Å². The van der Waals surface area contributed by atoms with Crippen molar-refractivity contribution in [2.24, 2.45) is 0 Å². The zero-order chi connectivity index (χ0) is 30.8. The molecule has 0 aliphatic rings. The van der Waals surface area contributed by atoms with Crippen LogP contribution in [0.1, 0.15) is 16.7 Å². The zero-order valence-electron chi connectivity index (χ0n) is 25.3. The minimum Gasteiger partial charge on any atom is -0.265 e. The van der Waals surface area contributed by atoms with Crippen molar-refractivity contribution < 1.29 is 0 Å². The molecule has 0 saturated heterocycles. The number of nitrogens with zero attached hydrogens (tertiary/aromatic N) is 6. The molecule has 0 spiro atoms. The van der Waals surface area contributed by atoms with E-state index in [4.69, 9.17) is 15.0 Å². The maximum Gasteiger partial charge on any atom is 0.0715 e. The fourth-order valence-electron chi connectivity index (χ4n) is 6.18. The molecule has 0 unspecified atom stereocenters. The van der Waals surface area contributed by atoms with Crippen LogP contribution in [-0.2, 0) is 0 Å². The summed E-state index contributed by atoms with van der Waals surface area (Å²) in [6.07, 6.45) is 12.7. The lowest BCUT2D eigenvalue weighted by atomic mass is 9.83. The van der Waals surface area contributed by atoms with E-state index in [9.17, 15) is 0 Å². The number of pyridine rings is 6. The van der Waals surface area contributed by atoms with Crippen LogP contribution in [0, 0.1) is 20.8 Å². The maximum absolute atomic E-state index is 5.18. The van der Waals surface area contributed by atoms with Crippen LogP contribution in [0.5, 0.6) is 0 Å². The van der Waals surface area contributed by atoms with Crippen LogP contribution in [0.2, 0.25) is 0 Å². The highest BCUT2D eigenvalue weighted by molar-refractivity contribution is 5.90. The van der Waals surface area contributed by atoms with E-state index in [1.807, 2.05) is 73.2 Å². The molecule has 0 bridgehead atoms. The predicted molar refractivity (Wildman–Crippen MR) is 180 cm³/mol. The minimum atomic E-state index is 0.896. The van der Waals surface area contributed by atoms with Crippen molar-refractivity contribution in [3.63, 3.8) is 0 Å².